The molecule has 1 aromatic carbocycles. The van der Waals surface area contributed by atoms with Gasteiger partial charge >= 0.3 is 0 Å². The largest absolute Gasteiger partial charge is 0.206 e. The molecule has 0 aliphatic rings. The molecule has 1 aromatic heterocycles. The summed E-state index contributed by atoms with van der Waals surface area (Å²) in [5.74, 6) is -0.471. The highest BCUT2D eigenvalue weighted by atomic mass is 32.2. The van der Waals surface area contributed by atoms with Gasteiger partial charge in [-0.15, -0.1) is 24.0 Å². The maximum atomic E-state index is 13.1. The van der Waals surface area contributed by atoms with E-state index in [1.165, 1.54) is 17.4 Å². The first-order valence-corrected chi connectivity index (χ1v) is 4.80. The highest BCUT2D eigenvalue weighted by Crippen LogP contribution is 2.31. The number of rotatable bonds is 0. The predicted octanol–water partition coefficient (Wildman–Crippen LogP) is 3.20. The summed E-state index contributed by atoms with van der Waals surface area (Å²) < 4.78 is 14.8. The first-order valence-electron chi connectivity index (χ1n) is 3.53. The predicted molar refractivity (Wildman–Crippen MR) is 53.8 cm³/mol. The maximum Gasteiger partial charge on any atom is 0.141 e. The van der Waals surface area contributed by atoms with E-state index < -0.39 is 5.82 Å². The quantitative estimate of drug-likeness (QED) is 0.662. The molecule has 0 radical (unpaired) electrons. The number of thiophene rings is 1. The van der Waals surface area contributed by atoms with Crippen molar-refractivity contribution < 1.29 is 4.39 Å². The van der Waals surface area contributed by atoms with E-state index >= 15 is 0 Å². The molecule has 1 heterocycles. The third-order valence-corrected chi connectivity index (χ3v) is 3.05. The van der Waals surface area contributed by atoms with Crippen LogP contribution in [0, 0.1) is 17.1 Å². The van der Waals surface area contributed by atoms with Gasteiger partial charge in [0.1, 0.15) is 11.9 Å². The minimum Gasteiger partial charge on any atom is -0.206 e. The molecule has 0 amide bonds. The van der Waals surface area contributed by atoms with Gasteiger partial charge in [0.25, 0.3) is 0 Å². The summed E-state index contributed by atoms with van der Waals surface area (Å²) in [7, 11) is 0. The lowest BCUT2D eigenvalue weighted by Crippen LogP contribution is -1.82. The van der Waals surface area contributed by atoms with E-state index in [1.807, 2.05) is 6.07 Å². The standard InChI is InChI=1S/C9H4FNS2/c10-7-1-2-8-5(6(7)4-11)3-9(12)13-8/h1-3,12H. The Hall–Kier alpha value is -1.05. The Kier molecular flexibility index (Phi) is 1.98. The summed E-state index contributed by atoms with van der Waals surface area (Å²) in [5, 5.41) is 9.37. The van der Waals surface area contributed by atoms with Crippen LogP contribution in [-0.4, -0.2) is 0 Å². The van der Waals surface area contributed by atoms with Gasteiger partial charge in [0.05, 0.1) is 9.77 Å². The monoisotopic (exact) mass is 209 g/mol. The summed E-state index contributed by atoms with van der Waals surface area (Å²) in [6.07, 6.45) is 0. The number of nitriles is 1. The molecule has 0 fully saturated rings. The second-order valence-electron chi connectivity index (χ2n) is 2.53. The molecule has 0 aliphatic heterocycles. The molecule has 0 unspecified atom stereocenters. The van der Waals surface area contributed by atoms with Crippen molar-refractivity contribution in [2.24, 2.45) is 0 Å². The molecule has 1 nitrogen and oxygen atoms in total. The van der Waals surface area contributed by atoms with E-state index in [1.54, 1.807) is 12.1 Å². The molecule has 0 aliphatic carbocycles. The Morgan fingerprint density at radius 2 is 2.23 bits per heavy atom. The summed E-state index contributed by atoms with van der Waals surface area (Å²) in [6.45, 7) is 0. The smallest absolute Gasteiger partial charge is 0.141 e. The van der Waals surface area contributed by atoms with Gasteiger partial charge in [-0.1, -0.05) is 0 Å². The van der Waals surface area contributed by atoms with Crippen LogP contribution in [0.25, 0.3) is 10.1 Å². The van der Waals surface area contributed by atoms with Crippen molar-refractivity contribution in [1.29, 1.82) is 5.26 Å². The van der Waals surface area contributed by atoms with Crippen LogP contribution in [0.4, 0.5) is 4.39 Å². The molecule has 0 atom stereocenters. The number of thiol groups is 1. The van der Waals surface area contributed by atoms with Gasteiger partial charge in [0.2, 0.25) is 0 Å². The average molecular weight is 209 g/mol. The van der Waals surface area contributed by atoms with Crippen molar-refractivity contribution >= 4 is 34.1 Å². The lowest BCUT2D eigenvalue weighted by atomic mass is 10.1. The number of fused-ring (bicyclic) bond motifs is 1. The van der Waals surface area contributed by atoms with Crippen molar-refractivity contribution in [3.05, 3.63) is 29.6 Å². The van der Waals surface area contributed by atoms with Crippen molar-refractivity contribution in [2.75, 3.05) is 0 Å². The lowest BCUT2D eigenvalue weighted by molar-refractivity contribution is 0.626. The number of benzene rings is 1. The van der Waals surface area contributed by atoms with Crippen molar-refractivity contribution in [2.45, 2.75) is 4.21 Å². The summed E-state index contributed by atoms with van der Waals surface area (Å²) in [5.41, 5.74) is 0.106. The minimum absolute atomic E-state index is 0.106. The maximum absolute atomic E-state index is 13.1. The van der Waals surface area contributed by atoms with Crippen LogP contribution >= 0.6 is 24.0 Å². The summed E-state index contributed by atoms with van der Waals surface area (Å²) in [4.78, 5) is 0. The third-order valence-electron chi connectivity index (χ3n) is 1.75. The van der Waals surface area contributed by atoms with Crippen LogP contribution in [0.5, 0.6) is 0 Å². The van der Waals surface area contributed by atoms with Crippen LogP contribution in [0.1, 0.15) is 5.56 Å². The van der Waals surface area contributed by atoms with Gasteiger partial charge < -0.3 is 0 Å². The number of halogens is 1. The Bertz CT molecular complexity index is 510. The molecule has 0 bridgehead atoms. The Morgan fingerprint density at radius 3 is 2.92 bits per heavy atom. The minimum atomic E-state index is -0.471. The fraction of sp³-hybridized carbons (Fsp3) is 0. The van der Waals surface area contributed by atoms with E-state index in [4.69, 9.17) is 5.26 Å². The molecule has 13 heavy (non-hydrogen) atoms. The van der Waals surface area contributed by atoms with E-state index in [9.17, 15) is 4.39 Å². The van der Waals surface area contributed by atoms with Gasteiger partial charge in [-0.05, 0) is 18.2 Å². The fourth-order valence-corrected chi connectivity index (χ4v) is 2.42. The lowest BCUT2D eigenvalue weighted by Gasteiger charge is -1.93. The third kappa shape index (κ3) is 1.30. The molecule has 0 saturated carbocycles. The summed E-state index contributed by atoms with van der Waals surface area (Å²) in [6, 6.07) is 6.54. The van der Waals surface area contributed by atoms with Crippen molar-refractivity contribution in [3.63, 3.8) is 0 Å². The van der Waals surface area contributed by atoms with Crippen molar-refractivity contribution in [3.8, 4) is 6.07 Å². The van der Waals surface area contributed by atoms with E-state index in [0.717, 1.165) is 8.91 Å². The zero-order chi connectivity index (χ0) is 9.42. The summed E-state index contributed by atoms with van der Waals surface area (Å²) >= 11 is 5.59. The van der Waals surface area contributed by atoms with E-state index in [-0.39, 0.29) is 5.56 Å². The topological polar surface area (TPSA) is 23.8 Å². The van der Waals surface area contributed by atoms with Gasteiger partial charge in [-0.25, -0.2) is 4.39 Å². The Morgan fingerprint density at radius 1 is 1.46 bits per heavy atom. The highest BCUT2D eigenvalue weighted by molar-refractivity contribution is 7.83. The van der Waals surface area contributed by atoms with Crippen LogP contribution in [0.3, 0.4) is 0 Å². The van der Waals surface area contributed by atoms with Gasteiger partial charge in [-0.3, -0.25) is 0 Å². The first-order chi connectivity index (χ1) is 6.22. The Labute approximate surface area is 83.8 Å². The van der Waals surface area contributed by atoms with Crippen LogP contribution < -0.4 is 0 Å². The molecule has 2 rings (SSSR count). The normalized spacial score (nSPS) is 10.2. The van der Waals surface area contributed by atoms with Gasteiger partial charge in [0, 0.05) is 10.1 Å². The van der Waals surface area contributed by atoms with E-state index in [2.05, 4.69) is 12.6 Å². The molecule has 4 heteroatoms. The molecule has 0 spiro atoms. The second kappa shape index (κ2) is 3.02. The molecule has 0 N–H and O–H groups in total. The van der Waals surface area contributed by atoms with Gasteiger partial charge in [-0.2, -0.15) is 5.26 Å². The SMILES string of the molecule is N#Cc1c(F)ccc2sc(S)cc12. The zero-order valence-electron chi connectivity index (χ0n) is 6.41. The molecular formula is C9H4FNS2. The van der Waals surface area contributed by atoms with Gasteiger partial charge in [0.15, 0.2) is 0 Å². The Balaban J connectivity index is 2.93. The molecular weight excluding hydrogens is 205 g/mol. The van der Waals surface area contributed by atoms with Crippen LogP contribution in [0.15, 0.2) is 22.4 Å². The average Bonchev–Trinajstić information content (AvgIpc) is 2.45. The number of hydrogen-bond donors (Lipinski definition) is 1. The molecule has 0 saturated heterocycles. The van der Waals surface area contributed by atoms with E-state index in [0.29, 0.717) is 5.39 Å². The number of nitrogens with zero attached hydrogens (tertiary/aromatic N) is 1. The highest BCUT2D eigenvalue weighted by Gasteiger charge is 2.08. The number of hydrogen-bond acceptors (Lipinski definition) is 3. The molecule has 64 valence electrons. The van der Waals surface area contributed by atoms with Crippen LogP contribution in [-0.2, 0) is 0 Å². The first kappa shape index (κ1) is 8.54. The van der Waals surface area contributed by atoms with Crippen molar-refractivity contribution in [1.82, 2.24) is 0 Å². The van der Waals surface area contributed by atoms with Crippen LogP contribution in [0.2, 0.25) is 0 Å². The molecule has 2 aromatic rings. The second-order valence-corrected chi connectivity index (χ2v) is 4.40. The zero-order valence-corrected chi connectivity index (χ0v) is 8.12. The fourth-order valence-electron chi connectivity index (χ4n) is 1.19.